The number of hydrogen-bond donors (Lipinski definition) is 1. The van der Waals surface area contributed by atoms with Crippen molar-refractivity contribution in [1.29, 1.82) is 0 Å². The lowest BCUT2D eigenvalue weighted by molar-refractivity contribution is -0.137. The summed E-state index contributed by atoms with van der Waals surface area (Å²) >= 11 is 0. The minimum atomic E-state index is -0.664. The SMILES string of the molecule is O=C(O)CCCCCC1[CH]C1. The zero-order chi connectivity index (χ0) is 8.10. The molecule has 11 heavy (non-hydrogen) atoms. The maximum atomic E-state index is 10.1. The molecular formula is C9H15O2. The Morgan fingerprint density at radius 3 is 2.73 bits per heavy atom. The smallest absolute Gasteiger partial charge is 0.303 e. The van der Waals surface area contributed by atoms with Crippen molar-refractivity contribution >= 4 is 5.97 Å². The number of carbonyl (C=O) groups is 1. The van der Waals surface area contributed by atoms with Gasteiger partial charge in [-0.25, -0.2) is 0 Å². The molecule has 0 amide bonds. The van der Waals surface area contributed by atoms with Crippen molar-refractivity contribution in [2.45, 2.75) is 38.5 Å². The van der Waals surface area contributed by atoms with E-state index < -0.39 is 5.97 Å². The largest absolute Gasteiger partial charge is 0.481 e. The highest BCUT2D eigenvalue weighted by atomic mass is 16.4. The first-order valence-corrected chi connectivity index (χ1v) is 4.34. The molecule has 0 aromatic carbocycles. The normalized spacial score (nSPS) is 16.7. The minimum Gasteiger partial charge on any atom is -0.481 e. The molecule has 0 heterocycles. The zero-order valence-electron chi connectivity index (χ0n) is 6.75. The van der Waals surface area contributed by atoms with Gasteiger partial charge in [0.1, 0.15) is 0 Å². The second-order valence-corrected chi connectivity index (χ2v) is 3.22. The van der Waals surface area contributed by atoms with E-state index in [9.17, 15) is 4.79 Å². The molecule has 2 heteroatoms. The van der Waals surface area contributed by atoms with Gasteiger partial charge in [-0.2, -0.15) is 0 Å². The van der Waals surface area contributed by atoms with Gasteiger partial charge in [-0.1, -0.05) is 19.3 Å². The van der Waals surface area contributed by atoms with Crippen LogP contribution in [0, 0.1) is 12.3 Å². The molecule has 1 atom stereocenters. The minimum absolute atomic E-state index is 0.342. The van der Waals surface area contributed by atoms with E-state index in [0.29, 0.717) is 6.42 Å². The standard InChI is InChI=1S/C9H15O2/c10-9(11)5-3-1-2-4-8-6-7-8/h6,8H,1-5,7H2,(H,10,11). The Bertz CT molecular complexity index is 128. The van der Waals surface area contributed by atoms with Crippen LogP contribution in [0.1, 0.15) is 38.5 Å². The molecule has 1 aliphatic carbocycles. The van der Waals surface area contributed by atoms with Crippen molar-refractivity contribution in [2.24, 2.45) is 5.92 Å². The third-order valence-corrected chi connectivity index (χ3v) is 2.03. The molecule has 1 aliphatic rings. The van der Waals surface area contributed by atoms with E-state index in [-0.39, 0.29) is 0 Å². The lowest BCUT2D eigenvalue weighted by Crippen LogP contribution is -1.93. The van der Waals surface area contributed by atoms with Crippen LogP contribution in [0.3, 0.4) is 0 Å². The molecule has 0 aliphatic heterocycles. The van der Waals surface area contributed by atoms with Gasteiger partial charge in [-0.15, -0.1) is 0 Å². The summed E-state index contributed by atoms with van der Waals surface area (Å²) < 4.78 is 0. The third kappa shape index (κ3) is 4.82. The molecule has 1 saturated carbocycles. The number of carboxylic acids is 1. The highest BCUT2D eigenvalue weighted by Gasteiger charge is 2.20. The quantitative estimate of drug-likeness (QED) is 0.597. The fourth-order valence-electron chi connectivity index (χ4n) is 1.19. The lowest BCUT2D eigenvalue weighted by atomic mass is 10.1. The number of unbranched alkanes of at least 4 members (excludes halogenated alkanes) is 2. The summed E-state index contributed by atoms with van der Waals surface area (Å²) in [5.41, 5.74) is 0. The molecule has 0 saturated heterocycles. The predicted octanol–water partition coefficient (Wildman–Crippen LogP) is 2.25. The van der Waals surface area contributed by atoms with Gasteiger partial charge in [0.25, 0.3) is 0 Å². The predicted molar refractivity (Wildman–Crippen MR) is 43.1 cm³/mol. The highest BCUT2D eigenvalue weighted by molar-refractivity contribution is 5.66. The Morgan fingerprint density at radius 2 is 2.18 bits per heavy atom. The van der Waals surface area contributed by atoms with Gasteiger partial charge in [0, 0.05) is 6.42 Å². The van der Waals surface area contributed by atoms with E-state index in [4.69, 9.17) is 5.11 Å². The molecule has 0 spiro atoms. The molecule has 63 valence electrons. The molecule has 0 aromatic rings. The summed E-state index contributed by atoms with van der Waals surface area (Å²) in [4.78, 5) is 10.1. The van der Waals surface area contributed by atoms with Crippen LogP contribution in [0.2, 0.25) is 0 Å². The van der Waals surface area contributed by atoms with Crippen LogP contribution in [-0.4, -0.2) is 11.1 Å². The van der Waals surface area contributed by atoms with E-state index in [1.54, 1.807) is 0 Å². The lowest BCUT2D eigenvalue weighted by Gasteiger charge is -1.96. The van der Waals surface area contributed by atoms with Gasteiger partial charge in [0.05, 0.1) is 0 Å². The molecule has 1 unspecified atom stereocenters. The molecule has 1 radical (unpaired) electrons. The van der Waals surface area contributed by atoms with Crippen LogP contribution in [-0.2, 0) is 4.79 Å². The van der Waals surface area contributed by atoms with Gasteiger partial charge in [-0.3, -0.25) is 4.79 Å². The van der Waals surface area contributed by atoms with Gasteiger partial charge in [-0.05, 0) is 25.2 Å². The average molecular weight is 155 g/mol. The Balaban J connectivity index is 1.76. The van der Waals surface area contributed by atoms with Crippen molar-refractivity contribution < 1.29 is 9.90 Å². The van der Waals surface area contributed by atoms with E-state index >= 15 is 0 Å². The van der Waals surface area contributed by atoms with Crippen LogP contribution < -0.4 is 0 Å². The maximum absolute atomic E-state index is 10.1. The van der Waals surface area contributed by atoms with Crippen LogP contribution in [0.25, 0.3) is 0 Å². The van der Waals surface area contributed by atoms with Crippen LogP contribution in [0.15, 0.2) is 0 Å². The van der Waals surface area contributed by atoms with Crippen molar-refractivity contribution in [3.63, 3.8) is 0 Å². The number of hydrogen-bond acceptors (Lipinski definition) is 1. The van der Waals surface area contributed by atoms with Gasteiger partial charge in [0.15, 0.2) is 0 Å². The fraction of sp³-hybridized carbons (Fsp3) is 0.778. The monoisotopic (exact) mass is 155 g/mol. The number of rotatable bonds is 6. The average Bonchev–Trinajstić information content (AvgIpc) is 2.70. The summed E-state index contributed by atoms with van der Waals surface area (Å²) in [6, 6.07) is 0. The van der Waals surface area contributed by atoms with E-state index in [1.807, 2.05) is 0 Å². The van der Waals surface area contributed by atoms with Crippen LogP contribution >= 0.6 is 0 Å². The number of aliphatic carboxylic acids is 1. The second kappa shape index (κ2) is 4.37. The summed E-state index contributed by atoms with van der Waals surface area (Å²) in [6.07, 6.45) is 8.36. The fourth-order valence-corrected chi connectivity index (χ4v) is 1.19. The van der Waals surface area contributed by atoms with Crippen LogP contribution in [0.4, 0.5) is 0 Å². The summed E-state index contributed by atoms with van der Waals surface area (Å²) in [5, 5.41) is 8.33. The molecule has 1 N–H and O–H groups in total. The van der Waals surface area contributed by atoms with E-state index in [0.717, 1.165) is 18.8 Å². The molecular weight excluding hydrogens is 140 g/mol. The van der Waals surface area contributed by atoms with Crippen LogP contribution in [0.5, 0.6) is 0 Å². The third-order valence-electron chi connectivity index (χ3n) is 2.03. The first-order valence-electron chi connectivity index (χ1n) is 4.34. The zero-order valence-corrected chi connectivity index (χ0v) is 6.75. The summed E-state index contributed by atoms with van der Waals surface area (Å²) in [5.74, 6) is 0.211. The van der Waals surface area contributed by atoms with Crippen molar-refractivity contribution in [1.82, 2.24) is 0 Å². The van der Waals surface area contributed by atoms with E-state index in [1.165, 1.54) is 19.3 Å². The Kier molecular flexibility index (Phi) is 3.40. The first kappa shape index (κ1) is 8.57. The summed E-state index contributed by atoms with van der Waals surface area (Å²) in [6.45, 7) is 0. The van der Waals surface area contributed by atoms with Crippen molar-refractivity contribution in [2.75, 3.05) is 0 Å². The van der Waals surface area contributed by atoms with Crippen molar-refractivity contribution in [3.8, 4) is 0 Å². The molecule has 1 fully saturated rings. The van der Waals surface area contributed by atoms with Gasteiger partial charge < -0.3 is 5.11 Å². The summed E-state index contributed by atoms with van der Waals surface area (Å²) in [7, 11) is 0. The molecule has 1 rings (SSSR count). The van der Waals surface area contributed by atoms with Gasteiger partial charge >= 0.3 is 5.97 Å². The Morgan fingerprint density at radius 1 is 1.45 bits per heavy atom. The Labute approximate surface area is 67.6 Å². The van der Waals surface area contributed by atoms with E-state index in [2.05, 4.69) is 6.42 Å². The molecule has 0 aromatic heterocycles. The Hall–Kier alpha value is -0.530. The van der Waals surface area contributed by atoms with Crippen molar-refractivity contribution in [3.05, 3.63) is 6.42 Å². The second-order valence-electron chi connectivity index (χ2n) is 3.22. The highest BCUT2D eigenvalue weighted by Crippen LogP contribution is 2.32. The number of carboxylic acid groups (broad SMARTS) is 1. The van der Waals surface area contributed by atoms with Gasteiger partial charge in [0.2, 0.25) is 0 Å². The molecule has 2 nitrogen and oxygen atoms in total. The first-order chi connectivity index (χ1) is 5.29. The maximum Gasteiger partial charge on any atom is 0.303 e. The topological polar surface area (TPSA) is 37.3 Å². The molecule has 0 bridgehead atoms.